The van der Waals surface area contributed by atoms with Gasteiger partial charge in [0.05, 0.1) is 41.6 Å². The van der Waals surface area contributed by atoms with E-state index in [2.05, 4.69) is 9.97 Å². The zero-order chi connectivity index (χ0) is 30.8. The van der Waals surface area contributed by atoms with Gasteiger partial charge in [-0.3, -0.25) is 9.78 Å². The highest BCUT2D eigenvalue weighted by Crippen LogP contribution is 2.41. The van der Waals surface area contributed by atoms with Crippen LogP contribution in [0.4, 0.5) is 37.8 Å². The second-order valence-corrected chi connectivity index (χ2v) is 9.97. The van der Waals surface area contributed by atoms with E-state index in [1.54, 1.807) is 36.4 Å². The van der Waals surface area contributed by atoms with Crippen LogP contribution in [0.15, 0.2) is 48.9 Å². The third-order valence-electron chi connectivity index (χ3n) is 6.77. The van der Waals surface area contributed by atoms with Gasteiger partial charge in [-0.15, -0.1) is 0 Å². The third-order valence-corrected chi connectivity index (χ3v) is 6.77. The average molecular weight is 585 g/mol. The molecule has 3 rings (SSSR count). The van der Waals surface area contributed by atoms with Crippen LogP contribution >= 0.6 is 0 Å². The minimum atomic E-state index is -5.07. The first-order valence-electron chi connectivity index (χ1n) is 12.5. The summed E-state index contributed by atoms with van der Waals surface area (Å²) in [5, 5.41) is 18.9. The van der Waals surface area contributed by atoms with Gasteiger partial charge in [0.15, 0.2) is 0 Å². The van der Waals surface area contributed by atoms with Crippen LogP contribution in [0.25, 0.3) is 11.1 Å². The molecule has 1 amide bonds. The number of rotatable bonds is 9. The summed E-state index contributed by atoms with van der Waals surface area (Å²) in [6.07, 6.45) is -5.68. The average Bonchev–Trinajstić information content (AvgIpc) is 2.91. The van der Waals surface area contributed by atoms with Crippen molar-refractivity contribution < 1.29 is 41.4 Å². The molecule has 13 heteroatoms. The fraction of sp³-hybridized carbons (Fsp3) is 0.393. The van der Waals surface area contributed by atoms with Crippen molar-refractivity contribution in [2.45, 2.75) is 38.5 Å². The molecule has 0 aliphatic carbocycles. The number of carbonyl (C=O) groups excluding carboxylic acids is 1. The van der Waals surface area contributed by atoms with Crippen LogP contribution in [0.3, 0.4) is 0 Å². The quantitative estimate of drug-likeness (QED) is 0.336. The maximum atomic E-state index is 13.8. The van der Waals surface area contributed by atoms with E-state index in [9.17, 15) is 41.4 Å². The Balaban J connectivity index is 2.17. The van der Waals surface area contributed by atoms with E-state index >= 15 is 0 Å². The number of pyridine rings is 2. The Morgan fingerprint density at radius 1 is 0.854 bits per heavy atom. The van der Waals surface area contributed by atoms with E-state index in [1.165, 1.54) is 27.1 Å². The first-order valence-corrected chi connectivity index (χ1v) is 12.5. The van der Waals surface area contributed by atoms with E-state index in [4.69, 9.17) is 0 Å². The van der Waals surface area contributed by atoms with Crippen molar-refractivity contribution in [1.82, 2.24) is 9.97 Å². The van der Waals surface area contributed by atoms with E-state index in [1.807, 2.05) is 0 Å². The number of hydrogen-bond donors (Lipinski definition) is 2. The fourth-order valence-electron chi connectivity index (χ4n) is 4.39. The van der Waals surface area contributed by atoms with Crippen LogP contribution in [0.2, 0.25) is 0 Å². The van der Waals surface area contributed by atoms with Crippen molar-refractivity contribution in [3.05, 3.63) is 71.2 Å². The largest absolute Gasteiger partial charge is 0.416 e. The maximum Gasteiger partial charge on any atom is 0.416 e. The Hall–Kier alpha value is -3.71. The van der Waals surface area contributed by atoms with E-state index in [-0.39, 0.29) is 38.1 Å². The van der Waals surface area contributed by atoms with Crippen LogP contribution in [0, 0.1) is 6.92 Å². The molecule has 0 aliphatic rings. The number of alkyl halides is 6. The molecule has 3 aromatic rings. The summed E-state index contributed by atoms with van der Waals surface area (Å²) in [6, 6.07) is 4.47. The molecule has 7 nitrogen and oxygen atoms in total. The molecule has 0 atom stereocenters. The minimum Gasteiger partial charge on any atom is -0.395 e. The van der Waals surface area contributed by atoms with Crippen LogP contribution < -0.4 is 9.80 Å². The van der Waals surface area contributed by atoms with Gasteiger partial charge in [-0.1, -0.05) is 0 Å². The number of aromatic nitrogens is 2. The molecule has 0 saturated carbocycles. The van der Waals surface area contributed by atoms with Crippen molar-refractivity contribution in [1.29, 1.82) is 0 Å². The highest BCUT2D eigenvalue weighted by Gasteiger charge is 2.41. The smallest absolute Gasteiger partial charge is 0.395 e. The molecule has 2 aromatic heterocycles. The predicted molar refractivity (Wildman–Crippen MR) is 141 cm³/mol. The molecule has 0 saturated heterocycles. The molecule has 0 radical (unpaired) electrons. The van der Waals surface area contributed by atoms with Crippen LogP contribution in [0.5, 0.6) is 0 Å². The third kappa shape index (κ3) is 6.96. The number of carbonyl (C=O) groups is 1. The lowest BCUT2D eigenvalue weighted by Crippen LogP contribution is -2.42. The summed E-state index contributed by atoms with van der Waals surface area (Å²) in [4.78, 5) is 25.1. The lowest BCUT2D eigenvalue weighted by molar-refractivity contribution is -0.143. The van der Waals surface area contributed by atoms with Crippen LogP contribution in [-0.2, 0) is 22.6 Å². The number of hydrogen-bond acceptors (Lipinski definition) is 6. The first kappa shape index (κ1) is 31.8. The number of anilines is 2. The van der Waals surface area contributed by atoms with Gasteiger partial charge in [-0.2, -0.15) is 26.3 Å². The van der Waals surface area contributed by atoms with Crippen molar-refractivity contribution in [3.63, 3.8) is 0 Å². The highest BCUT2D eigenvalue weighted by molar-refractivity contribution is 6.03. The molecule has 0 bridgehead atoms. The number of aryl methyl sites for hydroxylation is 1. The second kappa shape index (κ2) is 12.0. The molecular formula is C28H30F6N4O3. The number of likely N-dealkylation sites (N-methyl/N-ethyl adjacent to an activating group) is 1. The predicted octanol–water partition coefficient (Wildman–Crippen LogP) is 5.22. The van der Waals surface area contributed by atoms with Gasteiger partial charge in [-0.05, 0) is 62.2 Å². The standard InChI is InChI=1S/C28H30F6N4O3/c1-17-5-6-35-15-22(17)21-14-24(38(7-9-39)8-10-40)36-16-23(21)37(4)25(41)26(2,3)18-11-19(27(29,30)31)13-20(12-18)28(32,33)34/h5-6,11-16,39-40H,7-10H2,1-4H3. The van der Waals surface area contributed by atoms with Gasteiger partial charge >= 0.3 is 12.4 Å². The fourth-order valence-corrected chi connectivity index (χ4v) is 4.39. The SMILES string of the molecule is Cc1ccncc1-c1cc(N(CCO)CCO)ncc1N(C)C(=O)C(C)(C)c1cc(C(F)(F)F)cc(C(F)(F)F)c1. The monoisotopic (exact) mass is 584 g/mol. The number of benzene rings is 1. The van der Waals surface area contributed by atoms with Crippen molar-refractivity contribution in [2.24, 2.45) is 0 Å². The molecule has 2 N–H and O–H groups in total. The first-order chi connectivity index (χ1) is 19.0. The van der Waals surface area contributed by atoms with Gasteiger partial charge in [0.2, 0.25) is 5.91 Å². The van der Waals surface area contributed by atoms with Crippen molar-refractivity contribution in [2.75, 3.05) is 43.2 Å². The number of aliphatic hydroxyl groups excluding tert-OH is 2. The van der Waals surface area contributed by atoms with Gasteiger partial charge in [0, 0.05) is 43.7 Å². The summed E-state index contributed by atoms with van der Waals surface area (Å²) < 4.78 is 81.2. The van der Waals surface area contributed by atoms with Crippen molar-refractivity contribution >= 4 is 17.4 Å². The molecule has 0 spiro atoms. The lowest BCUT2D eigenvalue weighted by atomic mass is 9.81. The number of halogens is 6. The van der Waals surface area contributed by atoms with E-state index in [0.717, 1.165) is 10.5 Å². The van der Waals surface area contributed by atoms with Crippen LogP contribution in [-0.4, -0.2) is 59.4 Å². The summed E-state index contributed by atoms with van der Waals surface area (Å²) in [6.45, 7) is 4.15. The molecule has 2 heterocycles. The molecular weight excluding hydrogens is 554 g/mol. The zero-order valence-electron chi connectivity index (χ0n) is 22.8. The topological polar surface area (TPSA) is 89.8 Å². The zero-order valence-corrected chi connectivity index (χ0v) is 22.8. The molecule has 41 heavy (non-hydrogen) atoms. The Labute approximate surface area is 233 Å². The van der Waals surface area contributed by atoms with Gasteiger partial charge in [0.25, 0.3) is 0 Å². The van der Waals surface area contributed by atoms with E-state index < -0.39 is 40.4 Å². The summed E-state index contributed by atoms with van der Waals surface area (Å²) in [7, 11) is 1.35. The molecule has 0 fully saturated rings. The molecule has 1 aromatic carbocycles. The van der Waals surface area contributed by atoms with Gasteiger partial charge in [-0.25, -0.2) is 4.98 Å². The minimum absolute atomic E-state index is 0.0181. The summed E-state index contributed by atoms with van der Waals surface area (Å²) in [5.74, 6) is -0.423. The molecule has 0 aliphatic heterocycles. The summed E-state index contributed by atoms with van der Waals surface area (Å²) in [5.41, 5.74) is -3.29. The number of nitrogens with zero attached hydrogens (tertiary/aromatic N) is 4. The van der Waals surface area contributed by atoms with Gasteiger partial charge < -0.3 is 20.0 Å². The van der Waals surface area contributed by atoms with Crippen molar-refractivity contribution in [3.8, 4) is 11.1 Å². The Morgan fingerprint density at radius 3 is 1.88 bits per heavy atom. The van der Waals surface area contributed by atoms with Crippen LogP contribution in [0.1, 0.15) is 36.1 Å². The lowest BCUT2D eigenvalue weighted by Gasteiger charge is -2.32. The second-order valence-electron chi connectivity index (χ2n) is 9.97. The van der Waals surface area contributed by atoms with E-state index in [0.29, 0.717) is 29.1 Å². The maximum absolute atomic E-state index is 13.8. The van der Waals surface area contributed by atoms with Gasteiger partial charge in [0.1, 0.15) is 5.82 Å². The summed E-state index contributed by atoms with van der Waals surface area (Å²) >= 11 is 0. The Kier molecular flexibility index (Phi) is 9.34. The molecule has 0 unspecified atom stereocenters. The Bertz CT molecular complexity index is 1350. The Morgan fingerprint density at radius 2 is 1.39 bits per heavy atom. The normalized spacial score (nSPS) is 12.4. The number of amides is 1. The highest BCUT2D eigenvalue weighted by atomic mass is 19.4. The molecule has 222 valence electrons. The number of aliphatic hydroxyl groups is 2.